The summed E-state index contributed by atoms with van der Waals surface area (Å²) in [6.07, 6.45) is -2.77. The van der Waals surface area contributed by atoms with Crippen LogP contribution in [-0.2, 0) is 16.1 Å². The van der Waals surface area contributed by atoms with E-state index in [9.17, 15) is 14.3 Å². The van der Waals surface area contributed by atoms with Crippen LogP contribution >= 0.6 is 0 Å². The SMILES string of the molecule is O=C(O)[C@H]1CN(C(O)OCc2ccccc2)C[C@H]1F. The summed E-state index contributed by atoms with van der Waals surface area (Å²) in [5.74, 6) is -2.29. The Hall–Kier alpha value is -1.50. The topological polar surface area (TPSA) is 70.0 Å². The van der Waals surface area contributed by atoms with E-state index >= 15 is 0 Å². The highest BCUT2D eigenvalue weighted by molar-refractivity contribution is 5.71. The minimum atomic E-state index is -1.48. The van der Waals surface area contributed by atoms with E-state index in [1.165, 1.54) is 4.90 Å². The molecule has 1 aliphatic rings. The van der Waals surface area contributed by atoms with Crippen LogP contribution in [0.4, 0.5) is 4.39 Å². The highest BCUT2D eigenvalue weighted by Crippen LogP contribution is 2.22. The second-order valence-corrected chi connectivity index (χ2v) is 4.54. The maximum Gasteiger partial charge on any atom is 0.310 e. The molecule has 1 aromatic rings. The average molecular weight is 269 g/mol. The standard InChI is InChI=1S/C13H16FNO4/c14-11-7-15(6-10(11)12(16)17)13(18)19-8-9-4-2-1-3-5-9/h1-5,10-11,13,18H,6-8H2,(H,16,17)/t10-,11+,13?/m0/s1. The van der Waals surface area contributed by atoms with Crippen molar-refractivity contribution in [3.63, 3.8) is 0 Å². The van der Waals surface area contributed by atoms with E-state index in [-0.39, 0.29) is 19.7 Å². The number of carboxylic acids is 1. The fraction of sp³-hybridized carbons (Fsp3) is 0.462. The lowest BCUT2D eigenvalue weighted by molar-refractivity contribution is -0.195. The van der Waals surface area contributed by atoms with Gasteiger partial charge in [0.25, 0.3) is 0 Å². The Bertz CT molecular complexity index is 428. The highest BCUT2D eigenvalue weighted by atomic mass is 19.1. The maximum absolute atomic E-state index is 13.4. The van der Waals surface area contributed by atoms with Gasteiger partial charge in [-0.05, 0) is 5.56 Å². The van der Waals surface area contributed by atoms with Gasteiger partial charge in [0.15, 0.2) is 0 Å². The van der Waals surface area contributed by atoms with Crippen LogP contribution in [0.5, 0.6) is 0 Å². The van der Waals surface area contributed by atoms with Crippen LogP contribution in [0.3, 0.4) is 0 Å². The smallest absolute Gasteiger partial charge is 0.310 e. The molecule has 5 nitrogen and oxygen atoms in total. The summed E-state index contributed by atoms with van der Waals surface area (Å²) >= 11 is 0. The molecule has 2 rings (SSSR count). The van der Waals surface area contributed by atoms with Crippen LogP contribution in [0.2, 0.25) is 0 Å². The number of alkyl halides is 1. The van der Waals surface area contributed by atoms with Gasteiger partial charge in [0.1, 0.15) is 12.1 Å². The summed E-state index contributed by atoms with van der Waals surface area (Å²) in [5.41, 5.74) is 0.882. The molecule has 1 unspecified atom stereocenters. The van der Waals surface area contributed by atoms with Crippen molar-refractivity contribution >= 4 is 5.97 Å². The van der Waals surface area contributed by atoms with E-state index in [1.54, 1.807) is 0 Å². The number of aliphatic hydroxyl groups excluding tert-OH is 1. The molecule has 1 fully saturated rings. The molecule has 1 heterocycles. The van der Waals surface area contributed by atoms with Crippen LogP contribution in [0, 0.1) is 5.92 Å². The Morgan fingerprint density at radius 1 is 1.42 bits per heavy atom. The van der Waals surface area contributed by atoms with Gasteiger partial charge in [0.2, 0.25) is 6.41 Å². The summed E-state index contributed by atoms with van der Waals surface area (Å²) in [6.45, 7) is 0.00652. The first-order chi connectivity index (χ1) is 9.08. The van der Waals surface area contributed by atoms with Gasteiger partial charge in [0, 0.05) is 13.1 Å². The summed E-state index contributed by atoms with van der Waals surface area (Å²) < 4.78 is 18.6. The Balaban J connectivity index is 1.84. The van der Waals surface area contributed by atoms with Gasteiger partial charge in [0.05, 0.1) is 6.61 Å². The molecular weight excluding hydrogens is 253 g/mol. The van der Waals surface area contributed by atoms with E-state index in [0.29, 0.717) is 0 Å². The lowest BCUT2D eigenvalue weighted by atomic mass is 10.1. The molecule has 1 aromatic carbocycles. The molecule has 2 N–H and O–H groups in total. The maximum atomic E-state index is 13.4. The molecule has 0 aromatic heterocycles. The molecule has 1 aliphatic heterocycles. The quantitative estimate of drug-likeness (QED) is 0.775. The predicted molar refractivity (Wildman–Crippen MR) is 64.8 cm³/mol. The third-order valence-electron chi connectivity index (χ3n) is 3.15. The normalized spacial score (nSPS) is 25.4. The number of nitrogens with zero attached hydrogens (tertiary/aromatic N) is 1. The number of hydrogen-bond acceptors (Lipinski definition) is 4. The molecule has 0 amide bonds. The van der Waals surface area contributed by atoms with Crippen molar-refractivity contribution < 1.29 is 24.1 Å². The van der Waals surface area contributed by atoms with Crippen molar-refractivity contribution in [1.82, 2.24) is 4.90 Å². The number of hydrogen-bond donors (Lipinski definition) is 2. The summed E-state index contributed by atoms with van der Waals surface area (Å²) in [6, 6.07) is 9.24. The van der Waals surface area contributed by atoms with Gasteiger partial charge in [-0.15, -0.1) is 0 Å². The van der Waals surface area contributed by atoms with Gasteiger partial charge in [-0.2, -0.15) is 0 Å². The van der Waals surface area contributed by atoms with Gasteiger partial charge in [-0.1, -0.05) is 30.3 Å². The molecule has 0 radical (unpaired) electrons. The Labute approximate surface area is 110 Å². The Morgan fingerprint density at radius 2 is 2.11 bits per heavy atom. The molecule has 0 bridgehead atoms. The molecule has 0 aliphatic carbocycles. The van der Waals surface area contributed by atoms with Crippen LogP contribution in [0.15, 0.2) is 30.3 Å². The fourth-order valence-electron chi connectivity index (χ4n) is 2.06. The Morgan fingerprint density at radius 3 is 2.68 bits per heavy atom. The van der Waals surface area contributed by atoms with Crippen molar-refractivity contribution in [3.8, 4) is 0 Å². The first kappa shape index (κ1) is 13.9. The van der Waals surface area contributed by atoms with Crippen LogP contribution in [0.25, 0.3) is 0 Å². The number of carbonyl (C=O) groups is 1. The van der Waals surface area contributed by atoms with Crippen molar-refractivity contribution in [2.24, 2.45) is 5.92 Å². The predicted octanol–water partition coefficient (Wildman–Crippen LogP) is 0.834. The van der Waals surface area contributed by atoms with Crippen molar-refractivity contribution in [3.05, 3.63) is 35.9 Å². The van der Waals surface area contributed by atoms with E-state index in [0.717, 1.165) is 5.56 Å². The number of carboxylic acid groups (broad SMARTS) is 1. The molecule has 6 heteroatoms. The van der Waals surface area contributed by atoms with Gasteiger partial charge in [-0.3, -0.25) is 9.69 Å². The number of likely N-dealkylation sites (tertiary alicyclic amines) is 1. The summed E-state index contributed by atoms with van der Waals surface area (Å²) in [7, 11) is 0. The van der Waals surface area contributed by atoms with Gasteiger partial charge in [-0.25, -0.2) is 4.39 Å². The van der Waals surface area contributed by atoms with E-state index in [1.807, 2.05) is 30.3 Å². The molecule has 0 saturated carbocycles. The number of rotatable bonds is 5. The van der Waals surface area contributed by atoms with Crippen LogP contribution in [0.1, 0.15) is 5.56 Å². The fourth-order valence-corrected chi connectivity index (χ4v) is 2.06. The minimum absolute atomic E-state index is 0.0492. The summed E-state index contributed by atoms with van der Waals surface area (Å²) in [5, 5.41) is 18.6. The summed E-state index contributed by atoms with van der Waals surface area (Å²) in [4.78, 5) is 12.1. The Kier molecular flexibility index (Phi) is 4.47. The second-order valence-electron chi connectivity index (χ2n) is 4.54. The van der Waals surface area contributed by atoms with E-state index in [4.69, 9.17) is 9.84 Å². The van der Waals surface area contributed by atoms with Gasteiger partial charge < -0.3 is 14.9 Å². The first-order valence-electron chi connectivity index (χ1n) is 6.02. The lowest BCUT2D eigenvalue weighted by Gasteiger charge is -2.22. The van der Waals surface area contributed by atoms with E-state index in [2.05, 4.69) is 0 Å². The first-order valence-corrected chi connectivity index (χ1v) is 6.02. The monoisotopic (exact) mass is 269 g/mol. The average Bonchev–Trinajstić information content (AvgIpc) is 2.79. The number of ether oxygens (including phenoxy) is 1. The van der Waals surface area contributed by atoms with Gasteiger partial charge >= 0.3 is 5.97 Å². The number of aliphatic hydroxyl groups is 1. The molecular formula is C13H16FNO4. The van der Waals surface area contributed by atoms with Crippen molar-refractivity contribution in [2.45, 2.75) is 19.2 Å². The molecule has 1 saturated heterocycles. The number of benzene rings is 1. The van der Waals surface area contributed by atoms with Crippen LogP contribution < -0.4 is 0 Å². The van der Waals surface area contributed by atoms with Crippen molar-refractivity contribution in [2.75, 3.05) is 13.1 Å². The van der Waals surface area contributed by atoms with Crippen molar-refractivity contribution in [1.29, 1.82) is 0 Å². The number of aliphatic carboxylic acids is 1. The minimum Gasteiger partial charge on any atom is -0.481 e. The zero-order chi connectivity index (χ0) is 13.8. The van der Waals surface area contributed by atoms with Crippen LogP contribution in [-0.4, -0.2) is 46.8 Å². The molecule has 19 heavy (non-hydrogen) atoms. The third-order valence-corrected chi connectivity index (χ3v) is 3.15. The van der Waals surface area contributed by atoms with E-state index < -0.39 is 24.5 Å². The zero-order valence-electron chi connectivity index (χ0n) is 10.3. The molecule has 0 spiro atoms. The molecule has 3 atom stereocenters. The number of halogens is 1. The lowest BCUT2D eigenvalue weighted by Crippen LogP contribution is -2.36. The second kappa shape index (κ2) is 6.10. The largest absolute Gasteiger partial charge is 0.481 e. The molecule has 104 valence electrons. The zero-order valence-corrected chi connectivity index (χ0v) is 10.3. The third kappa shape index (κ3) is 3.50. The highest BCUT2D eigenvalue weighted by Gasteiger charge is 2.40.